The molecular formula is C41H63BrN6O7. The molecule has 0 radical (unpaired) electrons. The average Bonchev–Trinajstić information content (AvgIpc) is 3.66. The Morgan fingerprint density at radius 2 is 1.51 bits per heavy atom. The zero-order valence-electron chi connectivity index (χ0n) is 32.4. The molecule has 0 aromatic heterocycles. The van der Waals surface area contributed by atoms with Gasteiger partial charge in [0.05, 0.1) is 12.0 Å². The van der Waals surface area contributed by atoms with Gasteiger partial charge in [-0.1, -0.05) is 65.9 Å². The third-order valence-corrected chi connectivity index (χ3v) is 11.3. The number of ketones is 1. The van der Waals surface area contributed by atoms with Crippen LogP contribution < -0.4 is 32.7 Å². The predicted octanol–water partition coefficient (Wildman–Crippen LogP) is 4.34. The molecule has 1 aliphatic heterocycles. The Kier molecular flexibility index (Phi) is 20.1. The van der Waals surface area contributed by atoms with Crippen molar-refractivity contribution in [1.29, 1.82) is 0 Å². The molecule has 5 atom stereocenters. The molecule has 0 unspecified atom stereocenters. The summed E-state index contributed by atoms with van der Waals surface area (Å²) in [7, 11) is 0. The minimum Gasteiger partial charge on any atom is -0.481 e. The highest BCUT2D eigenvalue weighted by molar-refractivity contribution is 9.10. The van der Waals surface area contributed by atoms with Crippen molar-refractivity contribution in [3.05, 3.63) is 46.5 Å². The number of hydrogen-bond donors (Lipinski definition) is 7. The van der Waals surface area contributed by atoms with Crippen molar-refractivity contribution < 1.29 is 33.9 Å². The third-order valence-electron chi connectivity index (χ3n) is 10.8. The number of hydrogen-bond acceptors (Lipinski definition) is 8. The molecule has 306 valence electrons. The van der Waals surface area contributed by atoms with Crippen LogP contribution in [0.5, 0.6) is 0 Å². The zero-order valence-corrected chi connectivity index (χ0v) is 34.0. The van der Waals surface area contributed by atoms with Gasteiger partial charge in [0.15, 0.2) is 5.78 Å². The van der Waals surface area contributed by atoms with E-state index in [1.165, 1.54) is 0 Å². The van der Waals surface area contributed by atoms with E-state index in [9.17, 15) is 33.9 Å². The number of rotatable bonds is 18. The highest BCUT2D eigenvalue weighted by Crippen LogP contribution is 2.32. The second-order valence-corrected chi connectivity index (χ2v) is 16.3. The average molecular weight is 832 g/mol. The molecule has 0 spiro atoms. The summed E-state index contributed by atoms with van der Waals surface area (Å²) in [6.07, 6.45) is 13.1. The SMILES string of the molecule is C[C@]1(C(=O)N[C@@H](Cc2ccc(Br)cc2)C(=O)C[C@@H](CC2CCCC2)C(=O)O)CCCC=CCCC(=O)N[C@@H](CCCCN)C(=O)N[C@@H](CCCCN)C(=O)N1. The number of benzene rings is 1. The lowest BCUT2D eigenvalue weighted by atomic mass is 9.86. The van der Waals surface area contributed by atoms with E-state index in [4.69, 9.17) is 11.5 Å². The van der Waals surface area contributed by atoms with Gasteiger partial charge in [0.25, 0.3) is 0 Å². The molecule has 1 aromatic rings. The lowest BCUT2D eigenvalue weighted by Crippen LogP contribution is -2.63. The van der Waals surface area contributed by atoms with E-state index in [1.807, 2.05) is 36.4 Å². The highest BCUT2D eigenvalue weighted by atomic mass is 79.9. The molecule has 1 aliphatic carbocycles. The summed E-state index contributed by atoms with van der Waals surface area (Å²) in [6.45, 7) is 2.45. The van der Waals surface area contributed by atoms with Gasteiger partial charge in [0.2, 0.25) is 23.6 Å². The third kappa shape index (κ3) is 16.2. The summed E-state index contributed by atoms with van der Waals surface area (Å²) in [4.78, 5) is 81.4. The smallest absolute Gasteiger partial charge is 0.306 e. The molecule has 0 saturated heterocycles. The highest BCUT2D eigenvalue weighted by Gasteiger charge is 2.39. The van der Waals surface area contributed by atoms with Crippen LogP contribution in [0.15, 0.2) is 40.9 Å². The standard InChI is InChI=1S/C41H63BrN6O7/c1-41(40(55)47-34(26-29-18-20-31(42)21-19-29)35(49)27-30(39(53)54)25-28-13-6-7-14-28)22-10-4-2-3-5-17-36(50)45-32(15-8-11-23-43)37(51)46-33(38(52)48-41)16-9-12-24-44/h2-3,18-21,28,30,32-34H,4-17,22-27,43-44H2,1H3,(H,45,50)(H,46,51)(H,47,55)(H,48,52)(H,53,54)/t30-,32+,33+,34+,41-/m1/s1. The summed E-state index contributed by atoms with van der Waals surface area (Å²) >= 11 is 3.44. The summed E-state index contributed by atoms with van der Waals surface area (Å²) < 4.78 is 0.846. The van der Waals surface area contributed by atoms with Crippen LogP contribution in [0.1, 0.15) is 122 Å². The fourth-order valence-electron chi connectivity index (χ4n) is 7.40. The molecule has 4 amide bonds. The number of carbonyl (C=O) groups is 6. The van der Waals surface area contributed by atoms with Crippen molar-refractivity contribution in [3.63, 3.8) is 0 Å². The lowest BCUT2D eigenvalue weighted by molar-refractivity contribution is -0.145. The number of carboxylic acids is 1. The first-order valence-corrected chi connectivity index (χ1v) is 20.9. The Bertz CT molecular complexity index is 1450. The monoisotopic (exact) mass is 830 g/mol. The maximum absolute atomic E-state index is 14.4. The molecule has 3 rings (SSSR count). The first kappa shape index (κ1) is 45.8. The van der Waals surface area contributed by atoms with Crippen LogP contribution in [-0.4, -0.2) is 77.2 Å². The summed E-state index contributed by atoms with van der Waals surface area (Å²) in [5.74, 6) is -3.95. The van der Waals surface area contributed by atoms with Crippen molar-refractivity contribution in [2.24, 2.45) is 23.3 Å². The van der Waals surface area contributed by atoms with E-state index in [-0.39, 0.29) is 49.7 Å². The van der Waals surface area contributed by atoms with E-state index in [0.29, 0.717) is 70.9 Å². The second kappa shape index (κ2) is 24.1. The number of amides is 4. The van der Waals surface area contributed by atoms with Crippen LogP contribution in [0.4, 0.5) is 0 Å². The number of nitrogens with one attached hydrogen (secondary N) is 4. The van der Waals surface area contributed by atoms with Crippen molar-refractivity contribution in [2.75, 3.05) is 13.1 Å². The maximum atomic E-state index is 14.4. The predicted molar refractivity (Wildman–Crippen MR) is 216 cm³/mol. The molecule has 14 heteroatoms. The molecule has 55 heavy (non-hydrogen) atoms. The Balaban J connectivity index is 1.92. The Morgan fingerprint density at radius 1 is 0.891 bits per heavy atom. The molecule has 1 fully saturated rings. The normalized spacial score (nSPS) is 22.9. The summed E-state index contributed by atoms with van der Waals surface area (Å²) in [5.41, 5.74) is 10.7. The maximum Gasteiger partial charge on any atom is 0.306 e. The molecule has 13 nitrogen and oxygen atoms in total. The van der Waals surface area contributed by atoms with Gasteiger partial charge >= 0.3 is 5.97 Å². The quantitative estimate of drug-likeness (QED) is 0.0825. The van der Waals surface area contributed by atoms with Gasteiger partial charge in [0, 0.05) is 17.3 Å². The zero-order chi connectivity index (χ0) is 40.2. The largest absolute Gasteiger partial charge is 0.481 e. The van der Waals surface area contributed by atoms with Gasteiger partial charge in [-0.15, -0.1) is 0 Å². The molecule has 9 N–H and O–H groups in total. The molecule has 1 aromatic carbocycles. The number of allylic oxidation sites excluding steroid dienone is 2. The Hall–Kier alpha value is -3.62. The van der Waals surface area contributed by atoms with Gasteiger partial charge in [-0.25, -0.2) is 0 Å². The van der Waals surface area contributed by atoms with Crippen LogP contribution in [0, 0.1) is 11.8 Å². The van der Waals surface area contributed by atoms with Crippen molar-refractivity contribution >= 4 is 51.3 Å². The number of unbranched alkanes of at least 4 members (excludes halogenated alkanes) is 2. The van der Waals surface area contributed by atoms with Gasteiger partial charge in [-0.2, -0.15) is 0 Å². The van der Waals surface area contributed by atoms with Crippen LogP contribution in [0.2, 0.25) is 0 Å². The van der Waals surface area contributed by atoms with Crippen LogP contribution in [-0.2, 0) is 35.2 Å². The summed E-state index contributed by atoms with van der Waals surface area (Å²) in [5, 5.41) is 21.6. The van der Waals surface area contributed by atoms with Gasteiger partial charge in [-0.05, 0) is 121 Å². The first-order valence-electron chi connectivity index (χ1n) is 20.1. The van der Waals surface area contributed by atoms with E-state index in [1.54, 1.807) is 6.92 Å². The van der Waals surface area contributed by atoms with E-state index < -0.39 is 53.3 Å². The number of carbonyl (C=O) groups excluding carboxylic acids is 5. The van der Waals surface area contributed by atoms with Gasteiger partial charge in [-0.3, -0.25) is 28.8 Å². The number of aliphatic carboxylic acids is 1. The van der Waals surface area contributed by atoms with Gasteiger partial charge in [0.1, 0.15) is 17.6 Å². The Labute approximate surface area is 334 Å². The van der Waals surface area contributed by atoms with Crippen LogP contribution in [0.25, 0.3) is 0 Å². The summed E-state index contributed by atoms with van der Waals surface area (Å²) in [6, 6.07) is 4.40. The van der Waals surface area contributed by atoms with Crippen molar-refractivity contribution in [2.45, 2.75) is 146 Å². The topological polar surface area (TPSA) is 223 Å². The van der Waals surface area contributed by atoms with E-state index in [0.717, 1.165) is 35.7 Å². The molecular weight excluding hydrogens is 768 g/mol. The molecule has 2 aliphatic rings. The van der Waals surface area contributed by atoms with Crippen molar-refractivity contribution in [1.82, 2.24) is 21.3 Å². The van der Waals surface area contributed by atoms with Crippen LogP contribution >= 0.6 is 15.9 Å². The minimum absolute atomic E-state index is 0.134. The lowest BCUT2D eigenvalue weighted by Gasteiger charge is -2.34. The van der Waals surface area contributed by atoms with Crippen molar-refractivity contribution in [3.8, 4) is 0 Å². The van der Waals surface area contributed by atoms with E-state index >= 15 is 0 Å². The number of carboxylic acid groups (broad SMARTS) is 1. The number of nitrogens with two attached hydrogens (primary N) is 2. The van der Waals surface area contributed by atoms with Crippen LogP contribution in [0.3, 0.4) is 0 Å². The molecule has 1 saturated carbocycles. The number of halogens is 1. The second-order valence-electron chi connectivity index (χ2n) is 15.4. The minimum atomic E-state index is -1.50. The fraction of sp³-hybridized carbons (Fsp3) is 0.659. The van der Waals surface area contributed by atoms with E-state index in [2.05, 4.69) is 37.2 Å². The fourth-order valence-corrected chi connectivity index (χ4v) is 7.67. The van der Waals surface area contributed by atoms with Gasteiger partial charge < -0.3 is 37.8 Å². The first-order chi connectivity index (χ1) is 26.3. The number of Topliss-reactive ketones (excluding diaryl/α,β-unsaturated/α-hetero) is 1. The molecule has 0 bridgehead atoms. The Morgan fingerprint density at radius 3 is 2.13 bits per heavy atom. The molecule has 1 heterocycles.